The Hall–Kier alpha value is -1.09. The van der Waals surface area contributed by atoms with Crippen LogP contribution in [-0.4, -0.2) is 24.3 Å². The van der Waals surface area contributed by atoms with Gasteiger partial charge in [0.2, 0.25) is 0 Å². The lowest BCUT2D eigenvalue weighted by Crippen LogP contribution is -2.18. The van der Waals surface area contributed by atoms with Crippen molar-refractivity contribution in [3.05, 3.63) is 24.0 Å². The summed E-state index contributed by atoms with van der Waals surface area (Å²) in [5.41, 5.74) is 1.47. The Balaban J connectivity index is 2.59. The third-order valence-corrected chi connectivity index (χ3v) is 1.28. The molecular weight excluding hydrogens is 126 g/mol. The molecule has 0 unspecified atom stereocenters. The Morgan fingerprint density at radius 2 is 2.60 bits per heavy atom. The zero-order valence-electron chi connectivity index (χ0n) is 5.94. The second-order valence-corrected chi connectivity index (χ2v) is 2.09. The van der Waals surface area contributed by atoms with Crippen molar-refractivity contribution in [3.8, 4) is 0 Å². The molecule has 0 amide bonds. The molecule has 1 heterocycles. The van der Waals surface area contributed by atoms with E-state index in [1.807, 2.05) is 25.4 Å². The number of hydrogen-bond donors (Lipinski definition) is 3. The van der Waals surface area contributed by atoms with E-state index in [2.05, 4.69) is 10.3 Å². The molecule has 10 heavy (non-hydrogen) atoms. The Labute approximate surface area is 60.0 Å². The van der Waals surface area contributed by atoms with E-state index in [-0.39, 0.29) is 0 Å². The van der Waals surface area contributed by atoms with E-state index in [0.717, 1.165) is 5.69 Å². The Kier molecular flexibility index (Phi) is 2.23. The number of hydrogen-bond acceptors (Lipinski definition) is 2. The van der Waals surface area contributed by atoms with Gasteiger partial charge in [-0.05, 0) is 19.2 Å². The average molecular weight is 137 g/mol. The van der Waals surface area contributed by atoms with Crippen LogP contribution >= 0.6 is 0 Å². The first-order valence-electron chi connectivity index (χ1n) is 3.20. The number of H-pyrrole nitrogens is 1. The SMILES string of the molecule is CNCC(=N)c1ccc[nH]1. The molecule has 0 saturated carbocycles. The third-order valence-electron chi connectivity index (χ3n) is 1.28. The molecule has 1 aromatic rings. The summed E-state index contributed by atoms with van der Waals surface area (Å²) in [6.07, 6.45) is 1.82. The van der Waals surface area contributed by atoms with Crippen molar-refractivity contribution in [1.29, 1.82) is 5.41 Å². The first-order valence-corrected chi connectivity index (χ1v) is 3.20. The normalized spacial score (nSPS) is 9.70. The average Bonchev–Trinajstić information content (AvgIpc) is 2.38. The summed E-state index contributed by atoms with van der Waals surface area (Å²) in [5, 5.41) is 10.4. The van der Waals surface area contributed by atoms with Gasteiger partial charge in [-0.3, -0.25) is 0 Å². The Morgan fingerprint density at radius 3 is 3.10 bits per heavy atom. The van der Waals surface area contributed by atoms with E-state index in [4.69, 9.17) is 5.41 Å². The summed E-state index contributed by atoms with van der Waals surface area (Å²) >= 11 is 0. The van der Waals surface area contributed by atoms with E-state index in [0.29, 0.717) is 12.3 Å². The summed E-state index contributed by atoms with van der Waals surface area (Å²) < 4.78 is 0. The molecule has 0 bridgehead atoms. The molecule has 0 fully saturated rings. The van der Waals surface area contributed by atoms with E-state index in [1.54, 1.807) is 0 Å². The highest BCUT2D eigenvalue weighted by Crippen LogP contribution is 1.93. The fraction of sp³-hybridized carbons (Fsp3) is 0.286. The topological polar surface area (TPSA) is 51.7 Å². The number of rotatable bonds is 3. The van der Waals surface area contributed by atoms with Crippen LogP contribution in [0.3, 0.4) is 0 Å². The molecule has 3 heteroatoms. The Morgan fingerprint density at radius 1 is 1.80 bits per heavy atom. The summed E-state index contributed by atoms with van der Waals surface area (Å²) in [4.78, 5) is 2.96. The van der Waals surface area contributed by atoms with Crippen molar-refractivity contribution < 1.29 is 0 Å². The van der Waals surface area contributed by atoms with Crippen LogP contribution in [0.25, 0.3) is 0 Å². The summed E-state index contributed by atoms with van der Waals surface area (Å²) in [7, 11) is 1.83. The largest absolute Gasteiger partial charge is 0.360 e. The van der Waals surface area contributed by atoms with E-state index in [1.165, 1.54) is 0 Å². The van der Waals surface area contributed by atoms with Crippen LogP contribution in [0.1, 0.15) is 5.69 Å². The van der Waals surface area contributed by atoms with Crippen LogP contribution in [0.2, 0.25) is 0 Å². The van der Waals surface area contributed by atoms with Gasteiger partial charge in [0.15, 0.2) is 0 Å². The highest BCUT2D eigenvalue weighted by atomic mass is 14.8. The van der Waals surface area contributed by atoms with Crippen molar-refractivity contribution in [2.45, 2.75) is 0 Å². The molecular formula is C7H11N3. The fourth-order valence-electron chi connectivity index (χ4n) is 0.790. The van der Waals surface area contributed by atoms with Crippen molar-refractivity contribution in [3.63, 3.8) is 0 Å². The van der Waals surface area contributed by atoms with Gasteiger partial charge in [-0.2, -0.15) is 0 Å². The molecule has 0 aliphatic carbocycles. The van der Waals surface area contributed by atoms with E-state index < -0.39 is 0 Å². The maximum Gasteiger partial charge on any atom is 0.0686 e. The second kappa shape index (κ2) is 3.17. The summed E-state index contributed by atoms with van der Waals surface area (Å²) in [6, 6.07) is 3.78. The second-order valence-electron chi connectivity index (χ2n) is 2.09. The zero-order valence-corrected chi connectivity index (χ0v) is 5.94. The van der Waals surface area contributed by atoms with E-state index in [9.17, 15) is 0 Å². The van der Waals surface area contributed by atoms with Crippen LogP contribution in [-0.2, 0) is 0 Å². The van der Waals surface area contributed by atoms with Crippen LogP contribution in [0, 0.1) is 5.41 Å². The van der Waals surface area contributed by atoms with Crippen LogP contribution < -0.4 is 5.32 Å². The van der Waals surface area contributed by atoms with Crippen LogP contribution in [0.5, 0.6) is 0 Å². The summed E-state index contributed by atoms with van der Waals surface area (Å²) in [6.45, 7) is 0.612. The maximum absolute atomic E-state index is 7.45. The minimum absolute atomic E-state index is 0.590. The molecule has 0 aliphatic rings. The Bertz CT molecular complexity index is 201. The molecule has 1 aromatic heterocycles. The number of likely N-dealkylation sites (N-methyl/N-ethyl adjacent to an activating group) is 1. The van der Waals surface area contributed by atoms with E-state index >= 15 is 0 Å². The first kappa shape index (κ1) is 7.02. The molecule has 0 atom stereocenters. The predicted octanol–water partition coefficient (Wildman–Crippen LogP) is 0.602. The third kappa shape index (κ3) is 1.45. The van der Waals surface area contributed by atoms with Crippen molar-refractivity contribution >= 4 is 5.71 Å². The van der Waals surface area contributed by atoms with Crippen molar-refractivity contribution in [1.82, 2.24) is 10.3 Å². The molecule has 0 spiro atoms. The molecule has 0 aromatic carbocycles. The lowest BCUT2D eigenvalue weighted by Gasteiger charge is -1.97. The molecule has 3 nitrogen and oxygen atoms in total. The van der Waals surface area contributed by atoms with Gasteiger partial charge in [-0.15, -0.1) is 0 Å². The highest BCUT2D eigenvalue weighted by Gasteiger charge is 1.97. The van der Waals surface area contributed by atoms with Crippen molar-refractivity contribution in [2.24, 2.45) is 0 Å². The first-order chi connectivity index (χ1) is 4.84. The molecule has 0 radical (unpaired) electrons. The van der Waals surface area contributed by atoms with Gasteiger partial charge in [-0.1, -0.05) is 0 Å². The number of aromatic amines is 1. The zero-order chi connectivity index (χ0) is 7.40. The monoisotopic (exact) mass is 137 g/mol. The minimum atomic E-state index is 0.590. The van der Waals surface area contributed by atoms with Crippen LogP contribution in [0.15, 0.2) is 18.3 Å². The molecule has 3 N–H and O–H groups in total. The van der Waals surface area contributed by atoms with Crippen LogP contribution in [0.4, 0.5) is 0 Å². The minimum Gasteiger partial charge on any atom is -0.360 e. The quantitative estimate of drug-likeness (QED) is 0.525. The smallest absolute Gasteiger partial charge is 0.0686 e. The predicted molar refractivity (Wildman–Crippen MR) is 41.5 cm³/mol. The van der Waals surface area contributed by atoms with Gasteiger partial charge in [-0.25, -0.2) is 0 Å². The van der Waals surface area contributed by atoms with Gasteiger partial charge in [0.1, 0.15) is 0 Å². The maximum atomic E-state index is 7.45. The molecule has 1 rings (SSSR count). The van der Waals surface area contributed by atoms with Gasteiger partial charge in [0.25, 0.3) is 0 Å². The molecule has 0 aliphatic heterocycles. The summed E-state index contributed by atoms with van der Waals surface area (Å²) in [5.74, 6) is 0. The number of nitrogens with one attached hydrogen (secondary N) is 3. The standard InChI is InChI=1S/C7H11N3/c1-9-5-6(8)7-3-2-4-10-7/h2-4,8-10H,5H2,1H3. The van der Waals surface area contributed by atoms with Gasteiger partial charge < -0.3 is 15.7 Å². The molecule has 0 saturated heterocycles. The van der Waals surface area contributed by atoms with Gasteiger partial charge in [0, 0.05) is 12.7 Å². The number of aromatic nitrogens is 1. The molecule has 54 valence electrons. The van der Waals surface area contributed by atoms with Crippen molar-refractivity contribution in [2.75, 3.05) is 13.6 Å². The van der Waals surface area contributed by atoms with Gasteiger partial charge in [0.05, 0.1) is 11.4 Å². The lowest BCUT2D eigenvalue weighted by molar-refractivity contribution is 0.939. The fourth-order valence-corrected chi connectivity index (χ4v) is 0.790. The van der Waals surface area contributed by atoms with Gasteiger partial charge >= 0.3 is 0 Å². The lowest BCUT2D eigenvalue weighted by atomic mass is 10.3. The highest BCUT2D eigenvalue weighted by molar-refractivity contribution is 5.98.